The van der Waals surface area contributed by atoms with Crippen LogP contribution >= 0.6 is 11.8 Å². The molecule has 5 rings (SSSR count). The van der Waals surface area contributed by atoms with Crippen molar-refractivity contribution < 1.29 is 5.11 Å². The molecule has 0 aromatic carbocycles. The van der Waals surface area contributed by atoms with Gasteiger partial charge in [0.2, 0.25) is 0 Å². The molecule has 5 aliphatic rings. The monoisotopic (exact) mass is 320 g/mol. The first-order chi connectivity index (χ1) is 10.4. The summed E-state index contributed by atoms with van der Waals surface area (Å²) in [5, 5.41) is 13.0. The molecule has 9 atom stereocenters. The molecule has 0 radical (unpaired) electrons. The highest BCUT2D eigenvalue weighted by atomic mass is 32.2. The highest BCUT2D eigenvalue weighted by molar-refractivity contribution is 8.07. The molecule has 0 amide bonds. The lowest BCUT2D eigenvalue weighted by atomic mass is 9.44. The van der Waals surface area contributed by atoms with Crippen LogP contribution in [0.1, 0.15) is 72.1 Å². The lowest BCUT2D eigenvalue weighted by molar-refractivity contribution is -0.143. The fourth-order valence-corrected chi connectivity index (χ4v) is 9.13. The van der Waals surface area contributed by atoms with E-state index >= 15 is 0 Å². The minimum Gasteiger partial charge on any atom is -0.390 e. The van der Waals surface area contributed by atoms with Crippen molar-refractivity contribution in [2.24, 2.45) is 34.5 Å². The number of fused-ring (bicyclic) bond motifs is 6. The van der Waals surface area contributed by atoms with Crippen LogP contribution in [0.3, 0.4) is 0 Å². The highest BCUT2D eigenvalue weighted by Gasteiger charge is 2.65. The summed E-state index contributed by atoms with van der Waals surface area (Å²) in [5.41, 5.74) is 0.413. The van der Waals surface area contributed by atoms with Crippen molar-refractivity contribution in [3.8, 4) is 0 Å². The van der Waals surface area contributed by atoms with Gasteiger partial charge in [-0.1, -0.05) is 13.8 Å². The Kier molecular flexibility index (Phi) is 2.85. The zero-order valence-corrected chi connectivity index (χ0v) is 15.3. The summed E-state index contributed by atoms with van der Waals surface area (Å²) in [6, 6.07) is 0. The van der Waals surface area contributed by atoms with Crippen molar-refractivity contribution in [1.29, 1.82) is 0 Å². The topological polar surface area (TPSA) is 20.2 Å². The van der Waals surface area contributed by atoms with Crippen molar-refractivity contribution in [1.82, 2.24) is 0 Å². The third-order valence-electron chi connectivity index (χ3n) is 9.47. The average Bonchev–Trinajstić information content (AvgIpc) is 3.14. The van der Waals surface area contributed by atoms with Gasteiger partial charge in [0.25, 0.3) is 0 Å². The maximum Gasteiger partial charge on any atom is 0.0675 e. The molecule has 0 bridgehead atoms. The molecule has 4 saturated carbocycles. The molecule has 5 fully saturated rings. The molecule has 2 heteroatoms. The zero-order chi connectivity index (χ0) is 15.3. The Morgan fingerprint density at radius 1 is 0.909 bits per heavy atom. The van der Waals surface area contributed by atoms with E-state index in [2.05, 4.69) is 32.5 Å². The summed E-state index contributed by atoms with van der Waals surface area (Å²) in [5.74, 6) is 3.68. The van der Waals surface area contributed by atoms with Gasteiger partial charge in [-0.05, 0) is 92.8 Å². The lowest BCUT2D eigenvalue weighted by Gasteiger charge is -2.60. The number of thioether (sulfide) groups is 1. The van der Waals surface area contributed by atoms with Gasteiger partial charge < -0.3 is 5.11 Å². The van der Waals surface area contributed by atoms with E-state index in [-0.39, 0.29) is 5.41 Å². The van der Waals surface area contributed by atoms with Crippen molar-refractivity contribution in [2.75, 3.05) is 0 Å². The summed E-state index contributed by atoms with van der Waals surface area (Å²) in [6.45, 7) is 7.22. The fourth-order valence-electron chi connectivity index (χ4n) is 7.76. The lowest BCUT2D eigenvalue weighted by Crippen LogP contribution is -2.56. The van der Waals surface area contributed by atoms with Crippen LogP contribution in [-0.2, 0) is 0 Å². The van der Waals surface area contributed by atoms with Gasteiger partial charge >= 0.3 is 0 Å². The summed E-state index contributed by atoms with van der Waals surface area (Å²) in [4.78, 5) is 0. The first-order valence-electron chi connectivity index (χ1n) is 9.73. The van der Waals surface area contributed by atoms with Gasteiger partial charge in [0.1, 0.15) is 0 Å². The Morgan fingerprint density at radius 3 is 2.50 bits per heavy atom. The van der Waals surface area contributed by atoms with Gasteiger partial charge in [-0.25, -0.2) is 0 Å². The summed E-state index contributed by atoms with van der Waals surface area (Å²) in [6.07, 6.45) is 11.0. The quantitative estimate of drug-likeness (QED) is 0.642. The molecule has 124 valence electrons. The Hall–Kier alpha value is 0.310. The highest BCUT2D eigenvalue weighted by Crippen LogP contribution is 2.71. The standard InChI is InChI=1S/C20H32OS/c1-18-11-17-16(22-17)10-12(18)4-5-13-14(18)6-8-19(2)15(13)7-9-20(19,3)21/h12-17,21H,4-11H2,1-3H3/t12-,13+,14-,15-,16-,17+,18-,19-,20+/m0/s1. The van der Waals surface area contributed by atoms with E-state index in [4.69, 9.17) is 0 Å². The second-order valence-corrected chi connectivity index (χ2v) is 11.6. The fraction of sp³-hybridized carbons (Fsp3) is 1.00. The molecule has 1 saturated heterocycles. The molecular weight excluding hydrogens is 288 g/mol. The first-order valence-corrected chi connectivity index (χ1v) is 10.7. The molecule has 0 aromatic rings. The maximum absolute atomic E-state index is 11.0. The second-order valence-electron chi connectivity index (χ2n) is 10.1. The van der Waals surface area contributed by atoms with Gasteiger partial charge in [0, 0.05) is 10.5 Å². The third kappa shape index (κ3) is 1.67. The van der Waals surface area contributed by atoms with E-state index in [0.717, 1.165) is 40.6 Å². The van der Waals surface area contributed by atoms with Crippen LogP contribution in [0.2, 0.25) is 0 Å². The van der Waals surface area contributed by atoms with Gasteiger partial charge in [-0.2, -0.15) is 11.8 Å². The van der Waals surface area contributed by atoms with Crippen molar-refractivity contribution in [3.05, 3.63) is 0 Å². The van der Waals surface area contributed by atoms with Gasteiger partial charge in [0.15, 0.2) is 0 Å². The van der Waals surface area contributed by atoms with Crippen LogP contribution < -0.4 is 0 Å². The van der Waals surface area contributed by atoms with Gasteiger partial charge in [-0.15, -0.1) is 0 Å². The third-order valence-corrected chi connectivity index (χ3v) is 10.9. The SMILES string of the molecule is C[C@]12C[C@H]3S[C@H]3C[C@@H]1CC[C@@H]1[C@@H]2CC[C@@]2(C)[C@H]1CC[C@@]2(C)O. The predicted octanol–water partition coefficient (Wildman–Crippen LogP) is 4.87. The average molecular weight is 321 g/mol. The van der Waals surface area contributed by atoms with Crippen LogP contribution in [0.15, 0.2) is 0 Å². The molecule has 0 unspecified atom stereocenters. The molecule has 1 nitrogen and oxygen atoms in total. The minimum atomic E-state index is -0.412. The van der Waals surface area contributed by atoms with Crippen molar-refractivity contribution in [3.63, 3.8) is 0 Å². The molecule has 1 aliphatic heterocycles. The smallest absolute Gasteiger partial charge is 0.0675 e. The summed E-state index contributed by atoms with van der Waals surface area (Å²) >= 11 is 2.28. The summed E-state index contributed by atoms with van der Waals surface area (Å²) < 4.78 is 0. The summed E-state index contributed by atoms with van der Waals surface area (Å²) in [7, 11) is 0. The Balaban J connectivity index is 1.48. The predicted molar refractivity (Wildman–Crippen MR) is 92.9 cm³/mol. The molecule has 22 heavy (non-hydrogen) atoms. The van der Waals surface area contributed by atoms with Crippen LogP contribution in [0.5, 0.6) is 0 Å². The molecule has 0 aromatic heterocycles. The Labute approximate surface area is 140 Å². The van der Waals surface area contributed by atoms with Gasteiger partial charge in [-0.3, -0.25) is 0 Å². The number of hydrogen-bond acceptors (Lipinski definition) is 2. The molecule has 1 N–H and O–H groups in total. The Morgan fingerprint density at radius 2 is 1.68 bits per heavy atom. The van der Waals surface area contributed by atoms with Crippen LogP contribution in [0, 0.1) is 34.5 Å². The second kappa shape index (κ2) is 4.28. The van der Waals surface area contributed by atoms with Gasteiger partial charge in [0.05, 0.1) is 5.60 Å². The van der Waals surface area contributed by atoms with Crippen molar-refractivity contribution >= 4 is 11.8 Å². The van der Waals surface area contributed by atoms with Crippen LogP contribution in [0.4, 0.5) is 0 Å². The normalized spacial score (nSPS) is 66.0. The minimum absolute atomic E-state index is 0.197. The van der Waals surface area contributed by atoms with E-state index in [1.807, 2.05) is 0 Å². The number of hydrogen-bond donors (Lipinski definition) is 1. The zero-order valence-electron chi connectivity index (χ0n) is 14.5. The van der Waals surface area contributed by atoms with E-state index in [0.29, 0.717) is 5.41 Å². The Bertz CT molecular complexity index is 502. The van der Waals surface area contributed by atoms with Crippen LogP contribution in [0.25, 0.3) is 0 Å². The largest absolute Gasteiger partial charge is 0.390 e. The number of rotatable bonds is 0. The maximum atomic E-state index is 11.0. The van der Waals surface area contributed by atoms with E-state index < -0.39 is 5.60 Å². The molecular formula is C20H32OS. The van der Waals surface area contributed by atoms with Crippen LogP contribution in [-0.4, -0.2) is 21.2 Å². The first kappa shape index (κ1) is 14.6. The number of aliphatic hydroxyl groups is 1. The molecule has 1 heterocycles. The van der Waals surface area contributed by atoms with E-state index in [9.17, 15) is 5.11 Å². The van der Waals surface area contributed by atoms with E-state index in [1.54, 1.807) is 0 Å². The van der Waals surface area contributed by atoms with E-state index in [1.165, 1.54) is 44.9 Å². The molecule has 4 aliphatic carbocycles. The molecule has 0 spiro atoms. The van der Waals surface area contributed by atoms with Crippen molar-refractivity contribution in [2.45, 2.75) is 88.2 Å².